The smallest absolute Gasteiger partial charge is 0.410 e. The molecule has 2 aromatic rings. The second-order valence-electron chi connectivity index (χ2n) is 11.7. The van der Waals surface area contributed by atoms with Gasteiger partial charge in [-0.1, -0.05) is 30.3 Å². The van der Waals surface area contributed by atoms with Gasteiger partial charge in [0.15, 0.2) is 0 Å². The largest absolute Gasteiger partial charge is 0.462 e. The van der Waals surface area contributed by atoms with E-state index in [2.05, 4.69) is 52.1 Å². The number of rotatable bonds is 6. The quantitative estimate of drug-likeness (QED) is 0.570. The number of amides is 1. The van der Waals surface area contributed by atoms with Gasteiger partial charge in [-0.3, -0.25) is 4.90 Å². The minimum atomic E-state index is -0.495. The summed E-state index contributed by atoms with van der Waals surface area (Å²) in [5.74, 6) is 0.966. The zero-order chi connectivity index (χ0) is 26.7. The second kappa shape index (κ2) is 11.5. The van der Waals surface area contributed by atoms with E-state index in [4.69, 9.17) is 19.4 Å². The van der Waals surface area contributed by atoms with Crippen LogP contribution in [-0.2, 0) is 24.2 Å². The summed E-state index contributed by atoms with van der Waals surface area (Å²) in [5.41, 5.74) is 3.08. The molecule has 4 heterocycles. The lowest BCUT2D eigenvalue weighted by atomic mass is 10.0. The topological polar surface area (TPSA) is 74.3 Å². The van der Waals surface area contributed by atoms with Crippen molar-refractivity contribution in [3.05, 3.63) is 47.2 Å². The van der Waals surface area contributed by atoms with Crippen molar-refractivity contribution in [2.24, 2.45) is 0 Å². The van der Waals surface area contributed by atoms with Gasteiger partial charge in [-0.15, -0.1) is 0 Å². The van der Waals surface area contributed by atoms with E-state index in [1.807, 2.05) is 20.8 Å². The van der Waals surface area contributed by atoms with Crippen molar-refractivity contribution in [3.8, 4) is 6.01 Å². The monoisotopic (exact) mass is 522 g/mol. The van der Waals surface area contributed by atoms with Crippen LogP contribution in [0.3, 0.4) is 0 Å². The second-order valence-corrected chi connectivity index (χ2v) is 11.7. The summed E-state index contributed by atoms with van der Waals surface area (Å²) in [6.45, 7) is 12.7. The lowest BCUT2D eigenvalue weighted by molar-refractivity contribution is 0.0240. The molecule has 0 bridgehead atoms. The van der Waals surface area contributed by atoms with Crippen LogP contribution >= 0.6 is 0 Å². The Morgan fingerprint density at radius 2 is 1.79 bits per heavy atom. The number of carbonyl (C=O) groups is 1. The van der Waals surface area contributed by atoms with Crippen LogP contribution in [0.4, 0.5) is 10.6 Å². The molecule has 1 aromatic heterocycles. The number of aromatic nitrogens is 2. The zero-order valence-electron chi connectivity index (χ0n) is 23.4. The lowest BCUT2D eigenvalue weighted by Crippen LogP contribution is -2.50. The molecule has 0 radical (unpaired) electrons. The summed E-state index contributed by atoms with van der Waals surface area (Å²) in [5, 5.41) is 0. The van der Waals surface area contributed by atoms with Gasteiger partial charge in [0.1, 0.15) is 18.0 Å². The molecule has 2 fully saturated rings. The van der Waals surface area contributed by atoms with Gasteiger partial charge in [-0.05, 0) is 59.2 Å². The van der Waals surface area contributed by atoms with Gasteiger partial charge < -0.3 is 24.2 Å². The fourth-order valence-electron chi connectivity index (χ4n) is 5.53. The SMILES string of the molecule is CN1CCC[C@H]1COc1nc2c(c(N3CCN(C(=O)OC(C)(C)C)CC3)n1)CCN(Cc1ccccc1)C2. The molecule has 0 saturated carbocycles. The third-order valence-electron chi connectivity index (χ3n) is 7.66. The van der Waals surface area contributed by atoms with Crippen molar-refractivity contribution in [2.75, 3.05) is 57.8 Å². The molecule has 0 N–H and O–H groups in total. The lowest BCUT2D eigenvalue weighted by Gasteiger charge is -2.38. The van der Waals surface area contributed by atoms with Crippen LogP contribution in [0.15, 0.2) is 30.3 Å². The Hall–Kier alpha value is -2.91. The molecule has 2 saturated heterocycles. The number of carbonyl (C=O) groups excluding carboxylic acids is 1. The number of nitrogens with zero attached hydrogens (tertiary/aromatic N) is 6. The van der Waals surface area contributed by atoms with Gasteiger partial charge in [-0.25, -0.2) is 4.79 Å². The third kappa shape index (κ3) is 6.56. The van der Waals surface area contributed by atoms with E-state index >= 15 is 0 Å². The molecule has 9 heteroatoms. The first-order chi connectivity index (χ1) is 18.2. The van der Waals surface area contributed by atoms with Gasteiger partial charge in [0.05, 0.1) is 5.69 Å². The molecule has 1 amide bonds. The molecule has 0 spiro atoms. The van der Waals surface area contributed by atoms with E-state index in [0.29, 0.717) is 44.8 Å². The van der Waals surface area contributed by atoms with E-state index in [1.165, 1.54) is 17.5 Å². The Morgan fingerprint density at radius 3 is 2.47 bits per heavy atom. The normalized spacial score (nSPS) is 20.9. The summed E-state index contributed by atoms with van der Waals surface area (Å²) >= 11 is 0. The fourth-order valence-corrected chi connectivity index (χ4v) is 5.53. The molecule has 206 valence electrons. The van der Waals surface area contributed by atoms with Crippen molar-refractivity contribution in [2.45, 2.75) is 64.8 Å². The van der Waals surface area contributed by atoms with Crippen LogP contribution in [-0.4, -0.2) is 95.3 Å². The summed E-state index contributed by atoms with van der Waals surface area (Å²) in [6.07, 6.45) is 3.00. The summed E-state index contributed by atoms with van der Waals surface area (Å²) in [6, 6.07) is 11.5. The third-order valence-corrected chi connectivity index (χ3v) is 7.66. The maximum Gasteiger partial charge on any atom is 0.410 e. The van der Waals surface area contributed by atoms with E-state index in [9.17, 15) is 4.79 Å². The van der Waals surface area contributed by atoms with Crippen LogP contribution in [0.2, 0.25) is 0 Å². The molecular formula is C29H42N6O3. The number of fused-ring (bicyclic) bond motifs is 1. The van der Waals surface area contributed by atoms with Crippen LogP contribution in [0.5, 0.6) is 6.01 Å². The molecule has 3 aliphatic rings. The first kappa shape index (κ1) is 26.7. The first-order valence-corrected chi connectivity index (χ1v) is 14.0. The maximum atomic E-state index is 12.6. The maximum absolute atomic E-state index is 12.6. The van der Waals surface area contributed by atoms with Crippen molar-refractivity contribution in [1.29, 1.82) is 0 Å². The zero-order valence-corrected chi connectivity index (χ0v) is 23.4. The van der Waals surface area contributed by atoms with Crippen molar-refractivity contribution in [1.82, 2.24) is 24.7 Å². The van der Waals surface area contributed by atoms with Crippen molar-refractivity contribution < 1.29 is 14.3 Å². The number of likely N-dealkylation sites (N-methyl/N-ethyl adjacent to an activating group) is 1. The van der Waals surface area contributed by atoms with E-state index < -0.39 is 5.60 Å². The number of hydrogen-bond donors (Lipinski definition) is 0. The summed E-state index contributed by atoms with van der Waals surface area (Å²) < 4.78 is 11.8. The van der Waals surface area contributed by atoms with Crippen LogP contribution in [0.25, 0.3) is 0 Å². The fraction of sp³-hybridized carbons (Fsp3) is 0.621. The van der Waals surface area contributed by atoms with Crippen molar-refractivity contribution in [3.63, 3.8) is 0 Å². The van der Waals surface area contributed by atoms with E-state index in [1.54, 1.807) is 4.90 Å². The van der Waals surface area contributed by atoms with Gasteiger partial charge in [0.25, 0.3) is 0 Å². The van der Waals surface area contributed by atoms with Crippen LogP contribution < -0.4 is 9.64 Å². The minimum Gasteiger partial charge on any atom is -0.462 e. The average molecular weight is 523 g/mol. The van der Waals surface area contributed by atoms with Gasteiger partial charge >= 0.3 is 12.1 Å². The molecule has 0 aliphatic carbocycles. The molecule has 9 nitrogen and oxygen atoms in total. The summed E-state index contributed by atoms with van der Waals surface area (Å²) in [4.78, 5) is 31.4. The predicted molar refractivity (Wildman–Crippen MR) is 147 cm³/mol. The van der Waals surface area contributed by atoms with Gasteiger partial charge in [0, 0.05) is 57.4 Å². The summed E-state index contributed by atoms with van der Waals surface area (Å²) in [7, 11) is 2.16. The minimum absolute atomic E-state index is 0.247. The van der Waals surface area contributed by atoms with E-state index in [-0.39, 0.29) is 6.09 Å². The molecule has 5 rings (SSSR count). The van der Waals surface area contributed by atoms with Gasteiger partial charge in [-0.2, -0.15) is 9.97 Å². The molecule has 3 aliphatic heterocycles. The number of likely N-dealkylation sites (tertiary alicyclic amines) is 1. The Morgan fingerprint density at radius 1 is 1.03 bits per heavy atom. The molecule has 0 unspecified atom stereocenters. The number of piperazine rings is 1. The number of benzene rings is 1. The Kier molecular flexibility index (Phi) is 8.04. The predicted octanol–water partition coefficient (Wildman–Crippen LogP) is 3.57. The molecule has 1 aromatic carbocycles. The number of anilines is 1. The van der Waals surface area contributed by atoms with Gasteiger partial charge in [0.2, 0.25) is 0 Å². The molecular weight excluding hydrogens is 480 g/mol. The highest BCUT2D eigenvalue weighted by Crippen LogP contribution is 2.30. The Labute approximate surface area is 226 Å². The number of ether oxygens (including phenoxy) is 2. The number of hydrogen-bond acceptors (Lipinski definition) is 8. The highest BCUT2D eigenvalue weighted by molar-refractivity contribution is 5.68. The first-order valence-electron chi connectivity index (χ1n) is 14.0. The van der Waals surface area contributed by atoms with Crippen molar-refractivity contribution >= 4 is 11.9 Å². The Balaban J connectivity index is 1.32. The standard InChI is InChI=1S/C29H42N6O3/c1-29(2,3)38-28(36)35-17-15-34(16-18-35)26-24-12-14-33(19-22-9-6-5-7-10-22)20-25(24)30-27(31-26)37-21-23-11-8-13-32(23)4/h5-7,9-10,23H,8,11-21H2,1-4H3/t23-/m0/s1. The highest BCUT2D eigenvalue weighted by atomic mass is 16.6. The van der Waals surface area contributed by atoms with E-state index in [0.717, 1.165) is 50.5 Å². The molecule has 1 atom stereocenters. The molecule has 38 heavy (non-hydrogen) atoms. The highest BCUT2D eigenvalue weighted by Gasteiger charge is 2.31. The Bertz CT molecular complexity index is 1100. The van der Waals surface area contributed by atoms with Crippen LogP contribution in [0.1, 0.15) is 50.4 Å². The average Bonchev–Trinajstić information content (AvgIpc) is 3.31. The van der Waals surface area contributed by atoms with Crippen LogP contribution in [0, 0.1) is 0 Å².